The Bertz CT molecular complexity index is 546. The maximum Gasteiger partial charge on any atom is 0.236 e. The number of rotatable bonds is 4. The summed E-state index contributed by atoms with van der Waals surface area (Å²) in [7, 11) is 0. The molecule has 2 heterocycles. The molecule has 6 heteroatoms. The summed E-state index contributed by atoms with van der Waals surface area (Å²) in [5, 5.41) is 4.08. The summed E-state index contributed by atoms with van der Waals surface area (Å²) in [5.41, 5.74) is 1.12. The number of hydrogen-bond acceptors (Lipinski definition) is 4. The van der Waals surface area contributed by atoms with E-state index in [0.717, 1.165) is 49.9 Å². The first-order chi connectivity index (χ1) is 11.1. The molecule has 0 aliphatic carbocycles. The molecule has 1 aromatic rings. The predicted octanol–water partition coefficient (Wildman–Crippen LogP) is 1.76. The number of hydrogen-bond donors (Lipinski definition) is 1. The standard InChI is InChI=1S/C17H24ClN3O2/c1-13-16(5-10-23-13)19-12-17(22)21-8-6-20(7-9-21)15-4-2-3-14(18)11-15/h2-4,11,13,16,19H,5-10,12H2,1H3/t13-,16-/m0/s1. The fraction of sp³-hybridized carbons (Fsp3) is 0.588. The van der Waals surface area contributed by atoms with E-state index in [4.69, 9.17) is 16.3 Å². The van der Waals surface area contributed by atoms with Gasteiger partial charge >= 0.3 is 0 Å². The SMILES string of the molecule is C[C@@H]1OCC[C@@H]1NCC(=O)N1CCN(c2cccc(Cl)c2)CC1. The smallest absolute Gasteiger partial charge is 0.236 e. The van der Waals surface area contributed by atoms with Gasteiger partial charge < -0.3 is 19.9 Å². The number of ether oxygens (including phenoxy) is 1. The topological polar surface area (TPSA) is 44.8 Å². The molecule has 3 rings (SSSR count). The highest BCUT2D eigenvalue weighted by molar-refractivity contribution is 6.30. The summed E-state index contributed by atoms with van der Waals surface area (Å²) in [5.74, 6) is 0.176. The monoisotopic (exact) mass is 337 g/mol. The molecule has 2 saturated heterocycles. The van der Waals surface area contributed by atoms with Crippen LogP contribution in [0.5, 0.6) is 0 Å². The average Bonchev–Trinajstić information content (AvgIpc) is 2.98. The van der Waals surface area contributed by atoms with Crippen molar-refractivity contribution in [1.82, 2.24) is 10.2 Å². The minimum Gasteiger partial charge on any atom is -0.377 e. The molecule has 0 radical (unpaired) electrons. The number of piperazine rings is 1. The summed E-state index contributed by atoms with van der Waals surface area (Å²) in [6.07, 6.45) is 1.18. The molecule has 2 fully saturated rings. The number of anilines is 1. The van der Waals surface area contributed by atoms with Gasteiger partial charge in [-0.3, -0.25) is 4.79 Å². The maximum absolute atomic E-state index is 12.3. The molecule has 5 nitrogen and oxygen atoms in total. The van der Waals surface area contributed by atoms with E-state index < -0.39 is 0 Å². The van der Waals surface area contributed by atoms with Crippen molar-refractivity contribution in [2.45, 2.75) is 25.5 Å². The zero-order valence-electron chi connectivity index (χ0n) is 13.5. The number of nitrogens with zero attached hydrogens (tertiary/aromatic N) is 2. The van der Waals surface area contributed by atoms with Crippen LogP contribution >= 0.6 is 11.6 Å². The van der Waals surface area contributed by atoms with Crippen LogP contribution in [-0.4, -0.2) is 62.3 Å². The Kier molecular flexibility index (Phi) is 5.41. The molecule has 0 bridgehead atoms. The number of amides is 1. The zero-order valence-corrected chi connectivity index (χ0v) is 14.3. The van der Waals surface area contributed by atoms with Gasteiger partial charge in [0.1, 0.15) is 0 Å². The minimum absolute atomic E-state index is 0.176. The van der Waals surface area contributed by atoms with E-state index in [1.165, 1.54) is 0 Å². The molecule has 1 amide bonds. The first kappa shape index (κ1) is 16.6. The van der Waals surface area contributed by atoms with Crippen molar-refractivity contribution < 1.29 is 9.53 Å². The second-order valence-corrected chi connectivity index (χ2v) is 6.64. The fourth-order valence-electron chi connectivity index (χ4n) is 3.22. The number of nitrogens with one attached hydrogen (secondary N) is 1. The average molecular weight is 338 g/mol. The maximum atomic E-state index is 12.3. The van der Waals surface area contributed by atoms with Crippen molar-refractivity contribution in [3.63, 3.8) is 0 Å². The van der Waals surface area contributed by atoms with Crippen molar-refractivity contribution in [2.75, 3.05) is 44.2 Å². The van der Waals surface area contributed by atoms with E-state index in [0.29, 0.717) is 12.6 Å². The molecule has 1 aromatic carbocycles. The van der Waals surface area contributed by atoms with Crippen LogP contribution in [0.1, 0.15) is 13.3 Å². The summed E-state index contributed by atoms with van der Waals surface area (Å²) in [6, 6.07) is 8.18. The van der Waals surface area contributed by atoms with E-state index in [-0.39, 0.29) is 12.0 Å². The van der Waals surface area contributed by atoms with Crippen LogP contribution < -0.4 is 10.2 Å². The lowest BCUT2D eigenvalue weighted by Gasteiger charge is -2.36. The van der Waals surface area contributed by atoms with Crippen LogP contribution in [-0.2, 0) is 9.53 Å². The molecule has 0 spiro atoms. The summed E-state index contributed by atoms with van der Waals surface area (Å²) in [6.45, 7) is 6.43. The third-order valence-electron chi connectivity index (χ3n) is 4.70. The van der Waals surface area contributed by atoms with E-state index in [1.807, 2.05) is 23.1 Å². The third kappa shape index (κ3) is 4.16. The highest BCUT2D eigenvalue weighted by Crippen LogP contribution is 2.20. The van der Waals surface area contributed by atoms with Gasteiger partial charge in [-0.15, -0.1) is 0 Å². The Morgan fingerprint density at radius 3 is 2.78 bits per heavy atom. The lowest BCUT2D eigenvalue weighted by Crippen LogP contribution is -2.52. The fourth-order valence-corrected chi connectivity index (χ4v) is 3.40. The van der Waals surface area contributed by atoms with Gasteiger partial charge in [0.05, 0.1) is 12.6 Å². The minimum atomic E-state index is 0.176. The number of halogens is 1. The number of carbonyl (C=O) groups is 1. The molecule has 0 aromatic heterocycles. The highest BCUT2D eigenvalue weighted by Gasteiger charge is 2.26. The van der Waals surface area contributed by atoms with Crippen LogP contribution in [0.15, 0.2) is 24.3 Å². The van der Waals surface area contributed by atoms with Gasteiger partial charge in [-0.25, -0.2) is 0 Å². The largest absolute Gasteiger partial charge is 0.377 e. The van der Waals surface area contributed by atoms with E-state index >= 15 is 0 Å². The Hall–Kier alpha value is -1.30. The van der Waals surface area contributed by atoms with Crippen LogP contribution in [0.2, 0.25) is 5.02 Å². The first-order valence-electron chi connectivity index (χ1n) is 8.27. The van der Waals surface area contributed by atoms with Gasteiger partial charge in [0.25, 0.3) is 0 Å². The third-order valence-corrected chi connectivity index (χ3v) is 4.93. The zero-order chi connectivity index (χ0) is 16.2. The molecule has 1 N–H and O–H groups in total. The number of carbonyl (C=O) groups excluding carboxylic acids is 1. The Balaban J connectivity index is 1.45. The Labute approximate surface area is 142 Å². The molecule has 126 valence electrons. The van der Waals surface area contributed by atoms with Gasteiger partial charge in [0, 0.05) is 49.5 Å². The van der Waals surface area contributed by atoms with Crippen molar-refractivity contribution in [2.24, 2.45) is 0 Å². The second-order valence-electron chi connectivity index (χ2n) is 6.20. The molecular formula is C17H24ClN3O2. The molecule has 23 heavy (non-hydrogen) atoms. The summed E-state index contributed by atoms with van der Waals surface area (Å²) >= 11 is 6.05. The van der Waals surface area contributed by atoms with Crippen molar-refractivity contribution in [3.8, 4) is 0 Å². The second kappa shape index (κ2) is 7.51. The lowest BCUT2D eigenvalue weighted by molar-refractivity contribution is -0.130. The highest BCUT2D eigenvalue weighted by atomic mass is 35.5. The first-order valence-corrected chi connectivity index (χ1v) is 8.64. The van der Waals surface area contributed by atoms with E-state index in [2.05, 4.69) is 23.2 Å². The van der Waals surface area contributed by atoms with Gasteiger partial charge in [-0.1, -0.05) is 17.7 Å². The number of benzene rings is 1. The lowest BCUT2D eigenvalue weighted by atomic mass is 10.1. The Morgan fingerprint density at radius 1 is 1.35 bits per heavy atom. The van der Waals surface area contributed by atoms with Crippen molar-refractivity contribution in [1.29, 1.82) is 0 Å². The van der Waals surface area contributed by atoms with Gasteiger partial charge in [0.15, 0.2) is 0 Å². The van der Waals surface area contributed by atoms with Crippen molar-refractivity contribution >= 4 is 23.2 Å². The molecule has 2 aliphatic rings. The van der Waals surface area contributed by atoms with E-state index in [1.54, 1.807) is 0 Å². The normalized spacial score (nSPS) is 25.0. The van der Waals surface area contributed by atoms with Crippen molar-refractivity contribution in [3.05, 3.63) is 29.3 Å². The summed E-state index contributed by atoms with van der Waals surface area (Å²) < 4.78 is 5.51. The van der Waals surface area contributed by atoms with Gasteiger partial charge in [-0.05, 0) is 31.5 Å². The Morgan fingerprint density at radius 2 is 2.13 bits per heavy atom. The van der Waals surface area contributed by atoms with Crippen LogP contribution in [0.3, 0.4) is 0 Å². The van der Waals surface area contributed by atoms with Crippen LogP contribution in [0, 0.1) is 0 Å². The molecule has 2 atom stereocenters. The molecule has 0 saturated carbocycles. The van der Waals surface area contributed by atoms with E-state index in [9.17, 15) is 4.79 Å². The van der Waals surface area contributed by atoms with Gasteiger partial charge in [-0.2, -0.15) is 0 Å². The van der Waals surface area contributed by atoms with Crippen LogP contribution in [0.25, 0.3) is 0 Å². The molecular weight excluding hydrogens is 314 g/mol. The van der Waals surface area contributed by atoms with Gasteiger partial charge in [0.2, 0.25) is 5.91 Å². The predicted molar refractivity (Wildman–Crippen MR) is 92.1 cm³/mol. The molecule has 2 aliphatic heterocycles. The van der Waals surface area contributed by atoms with Crippen LogP contribution in [0.4, 0.5) is 5.69 Å². The summed E-state index contributed by atoms with van der Waals surface area (Å²) in [4.78, 5) is 16.6. The quantitative estimate of drug-likeness (QED) is 0.909. The molecule has 0 unspecified atom stereocenters.